The van der Waals surface area contributed by atoms with Crippen molar-refractivity contribution in [2.45, 2.75) is 24.7 Å². The molecule has 2 aromatic carbocycles. The number of benzene rings is 2. The highest BCUT2D eigenvalue weighted by atomic mass is 32.2. The number of aryl methyl sites for hydroxylation is 2. The van der Waals surface area contributed by atoms with Crippen molar-refractivity contribution in [1.82, 2.24) is 4.98 Å². The summed E-state index contributed by atoms with van der Waals surface area (Å²) in [6, 6.07) is 16.3. The number of hydrogen-bond donors (Lipinski definition) is 0. The smallest absolute Gasteiger partial charge is 0.257 e. The van der Waals surface area contributed by atoms with Crippen molar-refractivity contribution >= 4 is 9.84 Å². The van der Waals surface area contributed by atoms with Crippen LogP contribution in [0, 0.1) is 25.2 Å². The Morgan fingerprint density at radius 3 is 2.12 bits per heavy atom. The van der Waals surface area contributed by atoms with Gasteiger partial charge in [0, 0.05) is 5.56 Å². The van der Waals surface area contributed by atoms with Gasteiger partial charge in [-0.2, -0.15) is 10.2 Å². The van der Waals surface area contributed by atoms with Gasteiger partial charge in [0.25, 0.3) is 5.09 Å². The van der Waals surface area contributed by atoms with Crippen molar-refractivity contribution in [2.24, 2.45) is 0 Å². The van der Waals surface area contributed by atoms with E-state index >= 15 is 0 Å². The minimum absolute atomic E-state index is 0.124. The molecule has 0 aliphatic carbocycles. The Hall–Kier alpha value is -2.91. The van der Waals surface area contributed by atoms with Crippen LogP contribution in [-0.2, 0) is 15.6 Å². The lowest BCUT2D eigenvalue weighted by Gasteiger charge is -2.02. The fourth-order valence-electron chi connectivity index (χ4n) is 2.38. The number of hydrogen-bond acceptors (Lipinski definition) is 5. The first-order valence-corrected chi connectivity index (χ1v) is 9.30. The summed E-state index contributed by atoms with van der Waals surface area (Å²) < 4.78 is 30.8. The zero-order valence-corrected chi connectivity index (χ0v) is 14.7. The monoisotopic (exact) mass is 352 g/mol. The molecule has 0 radical (unpaired) electrons. The Balaban J connectivity index is 1.99. The molecule has 0 spiro atoms. The number of rotatable bonds is 4. The molecule has 0 fully saturated rings. The van der Waals surface area contributed by atoms with Crippen molar-refractivity contribution in [3.05, 3.63) is 70.9 Å². The minimum atomic E-state index is -3.82. The first-order valence-electron chi connectivity index (χ1n) is 7.65. The van der Waals surface area contributed by atoms with Gasteiger partial charge in [0.15, 0.2) is 5.69 Å². The van der Waals surface area contributed by atoms with Crippen LogP contribution in [-0.4, -0.2) is 13.4 Å². The molecule has 1 heterocycles. The molecule has 0 bridgehead atoms. The summed E-state index contributed by atoms with van der Waals surface area (Å²) in [5.74, 6) is -0.121. The lowest BCUT2D eigenvalue weighted by molar-refractivity contribution is 0.457. The van der Waals surface area contributed by atoms with Crippen LogP contribution >= 0.6 is 0 Å². The van der Waals surface area contributed by atoms with E-state index in [0.29, 0.717) is 11.1 Å². The SMILES string of the molecule is Cc1ccc(CS(=O)(=O)c2oc(-c3ccc(C)cc3)nc2C#N)cc1. The van der Waals surface area contributed by atoms with Crippen molar-refractivity contribution in [3.8, 4) is 17.5 Å². The lowest BCUT2D eigenvalue weighted by atomic mass is 10.1. The van der Waals surface area contributed by atoms with Gasteiger partial charge >= 0.3 is 0 Å². The first-order chi connectivity index (χ1) is 11.9. The Bertz CT molecular complexity index is 1040. The van der Waals surface area contributed by atoms with Gasteiger partial charge in [-0.1, -0.05) is 47.5 Å². The van der Waals surface area contributed by atoms with E-state index in [1.54, 1.807) is 24.3 Å². The van der Waals surface area contributed by atoms with Gasteiger partial charge in [0.05, 0.1) is 5.75 Å². The van der Waals surface area contributed by atoms with Gasteiger partial charge in [-0.25, -0.2) is 8.42 Å². The Kier molecular flexibility index (Phi) is 4.43. The van der Waals surface area contributed by atoms with Crippen LogP contribution in [0.5, 0.6) is 0 Å². The molecule has 0 amide bonds. The topological polar surface area (TPSA) is 84.0 Å². The Morgan fingerprint density at radius 1 is 1.00 bits per heavy atom. The number of oxazole rings is 1. The maximum absolute atomic E-state index is 12.7. The summed E-state index contributed by atoms with van der Waals surface area (Å²) in [5.41, 5.74) is 3.13. The number of nitrogens with zero attached hydrogens (tertiary/aromatic N) is 2. The standard InChI is InChI=1S/C19H16N2O3S/c1-13-3-7-15(8-4-13)12-25(22,23)19-17(11-20)21-18(24-19)16-9-5-14(2)6-10-16/h3-10H,12H2,1-2H3. The van der Waals surface area contributed by atoms with E-state index in [4.69, 9.17) is 4.42 Å². The highest BCUT2D eigenvalue weighted by molar-refractivity contribution is 7.90. The molecule has 0 unspecified atom stereocenters. The van der Waals surface area contributed by atoms with E-state index in [1.165, 1.54) is 0 Å². The molecule has 1 aromatic heterocycles. The van der Waals surface area contributed by atoms with E-state index in [9.17, 15) is 13.7 Å². The summed E-state index contributed by atoms with van der Waals surface area (Å²) in [5, 5.41) is 8.87. The molecule has 25 heavy (non-hydrogen) atoms. The second kappa shape index (κ2) is 6.54. The van der Waals surface area contributed by atoms with Gasteiger partial charge in [0.1, 0.15) is 6.07 Å². The molecule has 3 aromatic rings. The average Bonchev–Trinajstić information content (AvgIpc) is 3.03. The van der Waals surface area contributed by atoms with Crippen LogP contribution in [0.4, 0.5) is 0 Å². The number of aromatic nitrogens is 1. The van der Waals surface area contributed by atoms with E-state index in [-0.39, 0.29) is 22.4 Å². The summed E-state index contributed by atoms with van der Waals surface area (Å²) in [4.78, 5) is 4.04. The van der Waals surface area contributed by atoms with Crippen molar-refractivity contribution in [2.75, 3.05) is 0 Å². The molecule has 6 heteroatoms. The van der Waals surface area contributed by atoms with E-state index in [1.807, 2.05) is 44.2 Å². The fraction of sp³-hybridized carbons (Fsp3) is 0.158. The third-order valence-corrected chi connectivity index (χ3v) is 5.32. The zero-order valence-electron chi connectivity index (χ0n) is 13.9. The van der Waals surface area contributed by atoms with Gasteiger partial charge < -0.3 is 4.42 Å². The molecule has 5 nitrogen and oxygen atoms in total. The van der Waals surface area contributed by atoms with Gasteiger partial charge in [0.2, 0.25) is 15.7 Å². The molecule has 0 aliphatic rings. The van der Waals surface area contributed by atoms with Crippen LogP contribution in [0.15, 0.2) is 58.0 Å². The highest BCUT2D eigenvalue weighted by Crippen LogP contribution is 2.27. The predicted molar refractivity (Wildman–Crippen MR) is 93.5 cm³/mol. The zero-order chi connectivity index (χ0) is 18.0. The van der Waals surface area contributed by atoms with Crippen molar-refractivity contribution in [3.63, 3.8) is 0 Å². The molecule has 0 saturated carbocycles. The largest absolute Gasteiger partial charge is 0.423 e. The van der Waals surface area contributed by atoms with Gasteiger partial charge in [-0.15, -0.1) is 0 Å². The van der Waals surface area contributed by atoms with Gasteiger partial charge in [-0.3, -0.25) is 0 Å². The molecule has 0 saturated heterocycles. The second-order valence-corrected chi connectivity index (χ2v) is 7.77. The van der Waals surface area contributed by atoms with Crippen LogP contribution < -0.4 is 0 Å². The number of sulfone groups is 1. The molecule has 0 atom stereocenters. The molecule has 126 valence electrons. The molecule has 0 aliphatic heterocycles. The van der Waals surface area contributed by atoms with Crippen LogP contribution in [0.25, 0.3) is 11.5 Å². The van der Waals surface area contributed by atoms with E-state index in [2.05, 4.69) is 4.98 Å². The molecule has 0 N–H and O–H groups in total. The van der Waals surface area contributed by atoms with E-state index in [0.717, 1.165) is 11.1 Å². The van der Waals surface area contributed by atoms with Crippen molar-refractivity contribution in [1.29, 1.82) is 5.26 Å². The average molecular weight is 352 g/mol. The van der Waals surface area contributed by atoms with Crippen LogP contribution in [0.1, 0.15) is 22.4 Å². The predicted octanol–water partition coefficient (Wildman–Crippen LogP) is 3.80. The van der Waals surface area contributed by atoms with Crippen LogP contribution in [0.3, 0.4) is 0 Å². The maximum atomic E-state index is 12.7. The third kappa shape index (κ3) is 3.62. The molecule has 3 rings (SSSR count). The number of nitriles is 1. The second-order valence-electron chi connectivity index (χ2n) is 5.88. The summed E-state index contributed by atoms with van der Waals surface area (Å²) in [6.07, 6.45) is 0. The summed E-state index contributed by atoms with van der Waals surface area (Å²) in [7, 11) is -3.82. The molecular formula is C19H16N2O3S. The quantitative estimate of drug-likeness (QED) is 0.713. The molecular weight excluding hydrogens is 336 g/mol. The van der Waals surface area contributed by atoms with Crippen LogP contribution in [0.2, 0.25) is 0 Å². The first kappa shape index (κ1) is 16.9. The Labute approximate surface area is 146 Å². The fourth-order valence-corrected chi connectivity index (χ4v) is 3.73. The van der Waals surface area contributed by atoms with Gasteiger partial charge in [-0.05, 0) is 31.5 Å². The minimum Gasteiger partial charge on any atom is -0.423 e. The summed E-state index contributed by atoms with van der Waals surface area (Å²) in [6.45, 7) is 3.87. The highest BCUT2D eigenvalue weighted by Gasteiger charge is 2.27. The van der Waals surface area contributed by atoms with E-state index < -0.39 is 9.84 Å². The maximum Gasteiger partial charge on any atom is 0.257 e. The summed E-state index contributed by atoms with van der Waals surface area (Å²) >= 11 is 0. The lowest BCUT2D eigenvalue weighted by Crippen LogP contribution is -2.05. The third-order valence-electron chi connectivity index (χ3n) is 3.76. The van der Waals surface area contributed by atoms with Crippen molar-refractivity contribution < 1.29 is 12.8 Å². The normalized spacial score (nSPS) is 11.2. The Morgan fingerprint density at radius 2 is 1.56 bits per heavy atom.